The lowest BCUT2D eigenvalue weighted by Gasteiger charge is -1.99. The van der Waals surface area contributed by atoms with E-state index in [-0.39, 0.29) is 11.5 Å². The second-order valence-corrected chi connectivity index (χ2v) is 4.52. The molecule has 94 valence electrons. The predicted octanol–water partition coefficient (Wildman–Crippen LogP) is 1.68. The van der Waals surface area contributed by atoms with E-state index in [1.54, 1.807) is 24.0 Å². The van der Waals surface area contributed by atoms with Crippen LogP contribution in [0, 0.1) is 6.92 Å². The molecule has 0 aliphatic carbocycles. The van der Waals surface area contributed by atoms with E-state index in [4.69, 9.17) is 0 Å². The molecule has 0 saturated heterocycles. The number of aryl methyl sites for hydroxylation is 1. The van der Waals surface area contributed by atoms with Crippen LogP contribution >= 0.6 is 11.3 Å². The zero-order valence-electron chi connectivity index (χ0n) is 10.0. The van der Waals surface area contributed by atoms with E-state index in [9.17, 15) is 10.2 Å². The Bertz CT molecular complexity index is 656. The molecule has 1 aromatic carbocycles. The van der Waals surface area contributed by atoms with E-state index < -0.39 is 0 Å². The van der Waals surface area contributed by atoms with E-state index in [1.807, 2.05) is 12.3 Å². The Hall–Kier alpha value is -2.08. The van der Waals surface area contributed by atoms with Crippen molar-refractivity contribution in [2.75, 3.05) is 7.05 Å². The number of phenols is 2. The average molecular weight is 263 g/mol. The van der Waals surface area contributed by atoms with Crippen LogP contribution in [0.4, 0.5) is 0 Å². The number of phenolic OH excluding ortho intramolecular Hbond substituents is 2. The Morgan fingerprint density at radius 1 is 1.28 bits per heavy atom. The molecule has 0 aliphatic heterocycles. The number of nitrogens with zero attached hydrogens (tertiary/aromatic N) is 3. The van der Waals surface area contributed by atoms with Crippen LogP contribution in [0.25, 0.3) is 0 Å². The highest BCUT2D eigenvalue weighted by molar-refractivity contribution is 7.07. The van der Waals surface area contributed by atoms with Crippen molar-refractivity contribution in [2.45, 2.75) is 6.92 Å². The van der Waals surface area contributed by atoms with Crippen LogP contribution in [0.3, 0.4) is 0 Å². The van der Waals surface area contributed by atoms with Gasteiger partial charge in [0.05, 0.1) is 11.9 Å². The van der Waals surface area contributed by atoms with Gasteiger partial charge in [0.25, 0.3) is 0 Å². The van der Waals surface area contributed by atoms with Gasteiger partial charge in [0.15, 0.2) is 11.5 Å². The molecule has 0 spiro atoms. The molecule has 2 N–H and O–H groups in total. The monoisotopic (exact) mass is 263 g/mol. The molecule has 1 heterocycles. The maximum atomic E-state index is 9.38. The molecule has 2 rings (SSSR count). The summed E-state index contributed by atoms with van der Waals surface area (Å²) < 4.78 is 1.72. The summed E-state index contributed by atoms with van der Waals surface area (Å²) in [6.07, 6.45) is 1.60. The highest BCUT2D eigenvalue weighted by Crippen LogP contribution is 2.23. The molecule has 0 bridgehead atoms. The summed E-state index contributed by atoms with van der Waals surface area (Å²) in [4.78, 5) is 4.91. The van der Waals surface area contributed by atoms with Crippen molar-refractivity contribution < 1.29 is 10.2 Å². The number of hydrogen-bond acceptors (Lipinski definition) is 5. The van der Waals surface area contributed by atoms with Gasteiger partial charge in [-0.25, -0.2) is 4.68 Å². The van der Waals surface area contributed by atoms with Gasteiger partial charge in [-0.15, -0.1) is 11.3 Å². The summed E-state index contributed by atoms with van der Waals surface area (Å²) in [7, 11) is 1.71. The molecule has 0 atom stereocenters. The third-order valence-electron chi connectivity index (χ3n) is 2.36. The zero-order chi connectivity index (χ0) is 13.1. The third kappa shape index (κ3) is 2.43. The second kappa shape index (κ2) is 5.05. The fourth-order valence-corrected chi connectivity index (χ4v) is 2.19. The topological polar surface area (TPSA) is 70.1 Å². The van der Waals surface area contributed by atoms with Crippen LogP contribution in [-0.2, 0) is 0 Å². The van der Waals surface area contributed by atoms with Gasteiger partial charge in [-0.05, 0) is 30.7 Å². The predicted molar refractivity (Wildman–Crippen MR) is 71.3 cm³/mol. The van der Waals surface area contributed by atoms with Crippen LogP contribution in [-0.4, -0.2) is 28.2 Å². The van der Waals surface area contributed by atoms with E-state index in [1.165, 1.54) is 23.5 Å². The van der Waals surface area contributed by atoms with Gasteiger partial charge < -0.3 is 10.2 Å². The molecule has 5 nitrogen and oxygen atoms in total. The molecular formula is C12H13N3O2S. The Labute approximate surface area is 108 Å². The summed E-state index contributed by atoms with van der Waals surface area (Å²) in [6, 6.07) is 4.54. The molecule has 2 aromatic rings. The van der Waals surface area contributed by atoms with E-state index in [0.29, 0.717) is 5.56 Å². The Kier molecular flexibility index (Phi) is 3.47. The van der Waals surface area contributed by atoms with Gasteiger partial charge in [0, 0.05) is 12.4 Å². The Balaban J connectivity index is 2.36. The number of rotatable bonds is 2. The second-order valence-electron chi connectivity index (χ2n) is 3.69. The molecule has 0 radical (unpaired) electrons. The largest absolute Gasteiger partial charge is 0.504 e. The molecule has 6 heteroatoms. The Morgan fingerprint density at radius 3 is 2.72 bits per heavy atom. The summed E-state index contributed by atoms with van der Waals surface area (Å²) in [5, 5.41) is 24.8. The minimum atomic E-state index is -0.161. The quantitative estimate of drug-likeness (QED) is 0.639. The lowest BCUT2D eigenvalue weighted by Crippen LogP contribution is -2.11. The van der Waals surface area contributed by atoms with Crippen LogP contribution in [0.5, 0.6) is 11.5 Å². The normalized spacial score (nSPS) is 12.4. The van der Waals surface area contributed by atoms with Crippen molar-refractivity contribution >= 4 is 17.6 Å². The first kappa shape index (κ1) is 12.4. The first-order valence-corrected chi connectivity index (χ1v) is 6.16. The number of thiazole rings is 1. The summed E-state index contributed by atoms with van der Waals surface area (Å²) >= 11 is 1.51. The van der Waals surface area contributed by atoms with Crippen LogP contribution in [0.2, 0.25) is 0 Å². The molecular weight excluding hydrogens is 250 g/mol. The minimum absolute atomic E-state index is 0.143. The van der Waals surface area contributed by atoms with Gasteiger partial charge in [-0.2, -0.15) is 5.10 Å². The van der Waals surface area contributed by atoms with Crippen LogP contribution < -0.4 is 4.80 Å². The maximum absolute atomic E-state index is 9.38. The van der Waals surface area contributed by atoms with E-state index >= 15 is 0 Å². The highest BCUT2D eigenvalue weighted by Gasteiger charge is 2.00. The summed E-state index contributed by atoms with van der Waals surface area (Å²) in [6.45, 7) is 1.94. The van der Waals surface area contributed by atoms with Crippen molar-refractivity contribution in [2.24, 2.45) is 10.1 Å². The van der Waals surface area contributed by atoms with Gasteiger partial charge in [-0.3, -0.25) is 4.99 Å². The third-order valence-corrected chi connectivity index (χ3v) is 3.39. The fourth-order valence-electron chi connectivity index (χ4n) is 1.42. The van der Waals surface area contributed by atoms with Gasteiger partial charge in [-0.1, -0.05) is 0 Å². The van der Waals surface area contributed by atoms with Crippen LogP contribution in [0.15, 0.2) is 33.7 Å². The molecule has 1 aromatic heterocycles. The van der Waals surface area contributed by atoms with Gasteiger partial charge >= 0.3 is 0 Å². The Morgan fingerprint density at radius 2 is 2.06 bits per heavy atom. The molecule has 0 saturated carbocycles. The van der Waals surface area contributed by atoms with Crippen molar-refractivity contribution in [1.29, 1.82) is 0 Å². The molecule has 0 fully saturated rings. The molecule has 18 heavy (non-hydrogen) atoms. The number of aromatic nitrogens is 1. The summed E-state index contributed by atoms with van der Waals surface area (Å²) in [5.41, 5.74) is 1.69. The van der Waals surface area contributed by atoms with Crippen molar-refractivity contribution in [3.63, 3.8) is 0 Å². The highest BCUT2D eigenvalue weighted by atomic mass is 32.1. The molecule has 0 unspecified atom stereocenters. The SMILES string of the molecule is CN=c1scc(C)n1/N=C/c1ccc(O)c(O)c1. The first-order chi connectivity index (χ1) is 8.61. The van der Waals surface area contributed by atoms with E-state index in [2.05, 4.69) is 10.1 Å². The van der Waals surface area contributed by atoms with Crippen molar-refractivity contribution in [1.82, 2.24) is 4.68 Å². The molecule has 0 aliphatic rings. The average Bonchev–Trinajstić information content (AvgIpc) is 2.71. The van der Waals surface area contributed by atoms with Crippen LogP contribution in [0.1, 0.15) is 11.3 Å². The lowest BCUT2D eigenvalue weighted by atomic mass is 10.2. The minimum Gasteiger partial charge on any atom is -0.504 e. The lowest BCUT2D eigenvalue weighted by molar-refractivity contribution is 0.403. The van der Waals surface area contributed by atoms with E-state index in [0.717, 1.165) is 10.5 Å². The smallest absolute Gasteiger partial charge is 0.205 e. The number of hydrogen-bond donors (Lipinski definition) is 2. The zero-order valence-corrected chi connectivity index (χ0v) is 10.8. The standard InChI is InChI=1S/C12H13N3O2S/c1-8-7-18-12(13-2)15(8)14-6-9-3-4-10(16)11(17)5-9/h3-7,16-17H,1-2H3/b13-12?,14-6+. The summed E-state index contributed by atoms with van der Waals surface area (Å²) in [5.74, 6) is -0.304. The van der Waals surface area contributed by atoms with Crippen molar-refractivity contribution in [3.05, 3.63) is 39.6 Å². The fraction of sp³-hybridized carbons (Fsp3) is 0.167. The maximum Gasteiger partial charge on any atom is 0.205 e. The number of aromatic hydroxyl groups is 2. The molecule has 0 amide bonds. The number of benzene rings is 1. The van der Waals surface area contributed by atoms with Crippen molar-refractivity contribution in [3.8, 4) is 11.5 Å². The first-order valence-electron chi connectivity index (χ1n) is 5.28. The van der Waals surface area contributed by atoms with Gasteiger partial charge in [0.2, 0.25) is 4.80 Å². The van der Waals surface area contributed by atoms with Gasteiger partial charge in [0.1, 0.15) is 0 Å².